The van der Waals surface area contributed by atoms with Gasteiger partial charge in [0.15, 0.2) is 0 Å². The number of benzene rings is 1. The summed E-state index contributed by atoms with van der Waals surface area (Å²) in [6.45, 7) is 8.08. The van der Waals surface area contributed by atoms with Gasteiger partial charge in [-0.25, -0.2) is 4.39 Å². The highest BCUT2D eigenvalue weighted by Gasteiger charge is 2.41. The van der Waals surface area contributed by atoms with Gasteiger partial charge in [-0.05, 0) is 50.2 Å². The van der Waals surface area contributed by atoms with Gasteiger partial charge < -0.3 is 10.6 Å². The minimum Gasteiger partial charge on any atom is -0.362 e. The van der Waals surface area contributed by atoms with E-state index in [9.17, 15) is 4.39 Å². The summed E-state index contributed by atoms with van der Waals surface area (Å²) in [6.07, 6.45) is 3.27. The first-order chi connectivity index (χ1) is 9.54. The predicted molar refractivity (Wildman–Crippen MR) is 83.4 cm³/mol. The molecule has 0 bridgehead atoms. The van der Waals surface area contributed by atoms with Gasteiger partial charge in [0.05, 0.1) is 11.2 Å². The fourth-order valence-electron chi connectivity index (χ4n) is 3.66. The Hall–Kier alpha value is -1.09. The van der Waals surface area contributed by atoms with Gasteiger partial charge in [0.2, 0.25) is 0 Å². The second-order valence-corrected chi connectivity index (χ2v) is 6.32. The van der Waals surface area contributed by atoms with Crippen molar-refractivity contribution in [3.8, 4) is 0 Å². The molecule has 2 N–H and O–H groups in total. The van der Waals surface area contributed by atoms with Crippen molar-refractivity contribution >= 4 is 5.69 Å². The van der Waals surface area contributed by atoms with Crippen LogP contribution >= 0.6 is 0 Å². The summed E-state index contributed by atoms with van der Waals surface area (Å²) >= 11 is 0. The van der Waals surface area contributed by atoms with E-state index in [2.05, 4.69) is 25.7 Å². The van der Waals surface area contributed by atoms with Crippen molar-refractivity contribution in [1.29, 1.82) is 0 Å². The van der Waals surface area contributed by atoms with Gasteiger partial charge in [-0.15, -0.1) is 0 Å². The summed E-state index contributed by atoms with van der Waals surface area (Å²) in [4.78, 5) is 2.20. The molecular formula is C17H27FN2. The Morgan fingerprint density at radius 3 is 2.55 bits per heavy atom. The summed E-state index contributed by atoms with van der Waals surface area (Å²) < 4.78 is 14.2. The Bertz CT molecular complexity index is 448. The van der Waals surface area contributed by atoms with E-state index >= 15 is 0 Å². The lowest BCUT2D eigenvalue weighted by atomic mass is 9.70. The minimum absolute atomic E-state index is 0.0944. The quantitative estimate of drug-likeness (QED) is 0.907. The molecule has 3 atom stereocenters. The van der Waals surface area contributed by atoms with Crippen molar-refractivity contribution < 1.29 is 4.39 Å². The normalized spacial score (nSPS) is 30.2. The highest BCUT2D eigenvalue weighted by Crippen LogP contribution is 2.41. The second-order valence-electron chi connectivity index (χ2n) is 6.32. The molecule has 1 fully saturated rings. The standard InChI is InChI=1S/C17H27FN2/c1-4-20(16-8-6-5-7-15(16)18)17(12-19)10-9-13(2)14(3)11-17/h5-8,13-14H,4,9-12,19H2,1-3H3. The zero-order chi connectivity index (χ0) is 14.8. The second kappa shape index (κ2) is 6.13. The first-order valence-electron chi connectivity index (χ1n) is 7.76. The largest absolute Gasteiger partial charge is 0.362 e. The molecule has 2 rings (SSSR count). The Morgan fingerprint density at radius 1 is 1.30 bits per heavy atom. The van der Waals surface area contributed by atoms with Crippen LogP contribution in [-0.2, 0) is 0 Å². The summed E-state index contributed by atoms with van der Waals surface area (Å²) in [6, 6.07) is 7.06. The molecule has 1 aliphatic carbocycles. The Balaban J connectivity index is 2.35. The number of anilines is 1. The van der Waals surface area contributed by atoms with Gasteiger partial charge in [0.1, 0.15) is 5.82 Å². The third-order valence-electron chi connectivity index (χ3n) is 5.15. The first kappa shape index (κ1) is 15.3. The predicted octanol–water partition coefficient (Wildman–Crippen LogP) is 3.81. The van der Waals surface area contributed by atoms with E-state index in [-0.39, 0.29) is 11.4 Å². The SMILES string of the molecule is CCN(c1ccccc1F)C1(CN)CCC(C)C(C)C1. The molecule has 1 aromatic carbocycles. The van der Waals surface area contributed by atoms with Crippen molar-refractivity contribution in [2.24, 2.45) is 17.6 Å². The van der Waals surface area contributed by atoms with Crippen LogP contribution in [0.4, 0.5) is 10.1 Å². The molecule has 112 valence electrons. The molecule has 1 aliphatic rings. The van der Waals surface area contributed by atoms with Crippen LogP contribution in [0.5, 0.6) is 0 Å². The molecule has 0 aliphatic heterocycles. The molecule has 0 amide bonds. The number of nitrogens with two attached hydrogens (primary N) is 1. The fraction of sp³-hybridized carbons (Fsp3) is 0.647. The number of halogens is 1. The van der Waals surface area contributed by atoms with E-state index in [4.69, 9.17) is 5.73 Å². The van der Waals surface area contributed by atoms with Crippen LogP contribution in [0, 0.1) is 17.7 Å². The fourth-order valence-corrected chi connectivity index (χ4v) is 3.66. The molecule has 0 saturated heterocycles. The maximum absolute atomic E-state index is 14.2. The zero-order valence-corrected chi connectivity index (χ0v) is 12.9. The summed E-state index contributed by atoms with van der Waals surface area (Å²) in [5, 5.41) is 0. The lowest BCUT2D eigenvalue weighted by Crippen LogP contribution is -2.57. The smallest absolute Gasteiger partial charge is 0.146 e. The average Bonchev–Trinajstić information content (AvgIpc) is 2.45. The highest BCUT2D eigenvalue weighted by molar-refractivity contribution is 5.50. The van der Waals surface area contributed by atoms with Gasteiger partial charge in [0.25, 0.3) is 0 Å². The molecule has 20 heavy (non-hydrogen) atoms. The van der Waals surface area contributed by atoms with Crippen LogP contribution < -0.4 is 10.6 Å². The van der Waals surface area contributed by atoms with Crippen molar-refractivity contribution in [2.75, 3.05) is 18.0 Å². The van der Waals surface area contributed by atoms with Crippen molar-refractivity contribution in [2.45, 2.75) is 45.6 Å². The average molecular weight is 278 g/mol. The number of hydrogen-bond donors (Lipinski definition) is 1. The third kappa shape index (κ3) is 2.69. The van der Waals surface area contributed by atoms with Crippen LogP contribution in [0.2, 0.25) is 0 Å². The first-order valence-corrected chi connectivity index (χ1v) is 7.76. The maximum atomic E-state index is 14.2. The van der Waals surface area contributed by atoms with Crippen molar-refractivity contribution in [3.63, 3.8) is 0 Å². The van der Waals surface area contributed by atoms with Gasteiger partial charge in [0, 0.05) is 13.1 Å². The van der Waals surface area contributed by atoms with Gasteiger partial charge in [-0.1, -0.05) is 26.0 Å². The van der Waals surface area contributed by atoms with Gasteiger partial charge >= 0.3 is 0 Å². The number of rotatable bonds is 4. The summed E-state index contributed by atoms with van der Waals surface area (Å²) in [5.41, 5.74) is 6.75. The summed E-state index contributed by atoms with van der Waals surface area (Å²) in [5.74, 6) is 1.22. The van der Waals surface area contributed by atoms with Crippen LogP contribution in [0.15, 0.2) is 24.3 Å². The molecule has 0 heterocycles. The Kier molecular flexibility index (Phi) is 4.69. The maximum Gasteiger partial charge on any atom is 0.146 e. The molecular weight excluding hydrogens is 251 g/mol. The van der Waals surface area contributed by atoms with Gasteiger partial charge in [-0.2, -0.15) is 0 Å². The summed E-state index contributed by atoms with van der Waals surface area (Å²) in [7, 11) is 0. The molecule has 2 nitrogen and oxygen atoms in total. The monoisotopic (exact) mass is 278 g/mol. The Morgan fingerprint density at radius 2 is 2.00 bits per heavy atom. The van der Waals surface area contributed by atoms with E-state index in [1.807, 2.05) is 12.1 Å². The number of nitrogens with zero attached hydrogens (tertiary/aromatic N) is 1. The molecule has 0 spiro atoms. The topological polar surface area (TPSA) is 29.3 Å². The number of para-hydroxylation sites is 1. The van der Waals surface area contributed by atoms with Crippen molar-refractivity contribution in [1.82, 2.24) is 0 Å². The molecule has 3 unspecified atom stereocenters. The van der Waals surface area contributed by atoms with E-state index in [0.717, 1.165) is 25.3 Å². The van der Waals surface area contributed by atoms with Crippen LogP contribution in [-0.4, -0.2) is 18.6 Å². The Labute approximate surface area is 122 Å². The van der Waals surface area contributed by atoms with Crippen LogP contribution in [0.3, 0.4) is 0 Å². The van der Waals surface area contributed by atoms with Gasteiger partial charge in [-0.3, -0.25) is 0 Å². The zero-order valence-electron chi connectivity index (χ0n) is 12.9. The molecule has 1 aromatic rings. The number of hydrogen-bond acceptors (Lipinski definition) is 2. The molecule has 0 aromatic heterocycles. The van der Waals surface area contributed by atoms with E-state index in [1.54, 1.807) is 6.07 Å². The van der Waals surface area contributed by atoms with Crippen molar-refractivity contribution in [3.05, 3.63) is 30.1 Å². The van der Waals surface area contributed by atoms with Crippen LogP contribution in [0.25, 0.3) is 0 Å². The molecule has 0 radical (unpaired) electrons. The lowest BCUT2D eigenvalue weighted by molar-refractivity contribution is 0.171. The number of likely N-dealkylation sites (N-methyl/N-ethyl adjacent to an activating group) is 1. The van der Waals surface area contributed by atoms with Crippen LogP contribution in [0.1, 0.15) is 40.0 Å². The highest BCUT2D eigenvalue weighted by atomic mass is 19.1. The minimum atomic E-state index is -0.145. The van der Waals surface area contributed by atoms with E-state index in [0.29, 0.717) is 18.2 Å². The molecule has 1 saturated carbocycles. The molecule has 3 heteroatoms. The third-order valence-corrected chi connectivity index (χ3v) is 5.15. The lowest BCUT2D eigenvalue weighted by Gasteiger charge is -2.50. The van der Waals surface area contributed by atoms with E-state index < -0.39 is 0 Å². The van der Waals surface area contributed by atoms with E-state index in [1.165, 1.54) is 12.5 Å².